The topological polar surface area (TPSA) is 105 Å². The maximum atomic E-state index is 13.7. The van der Waals surface area contributed by atoms with Crippen LogP contribution in [0.1, 0.15) is 48.5 Å². The summed E-state index contributed by atoms with van der Waals surface area (Å²) in [5, 5.41) is 6.87. The van der Waals surface area contributed by atoms with Crippen LogP contribution in [0.25, 0.3) is 0 Å². The van der Waals surface area contributed by atoms with Crippen molar-refractivity contribution < 1.29 is 23.8 Å². The summed E-state index contributed by atoms with van der Waals surface area (Å²) in [6.45, 7) is 5.86. The molecular weight excluding hydrogens is 630 g/mol. The number of nitrogens with zero attached hydrogens (tertiary/aromatic N) is 3. The van der Waals surface area contributed by atoms with Gasteiger partial charge in [0.05, 0.1) is 41.7 Å². The molecule has 2 unspecified atom stereocenters. The number of hydrogen-bond acceptors (Lipinski definition) is 8. The van der Waals surface area contributed by atoms with E-state index in [1.807, 2.05) is 59.3 Å². The van der Waals surface area contributed by atoms with Crippen molar-refractivity contribution in [3.05, 3.63) is 112 Å². The van der Waals surface area contributed by atoms with Crippen molar-refractivity contribution in [1.82, 2.24) is 15.1 Å². The SMILES string of the molecule is COc1cc2c(cc1OCCNCCOc1cc3c(cc1C)C(=O)N1Cc4ccccc4CC1C=N3)NCC1Cc3ccccc3CN1C2=O. The molecule has 4 aliphatic heterocycles. The zero-order chi connectivity index (χ0) is 34.2. The Labute approximate surface area is 292 Å². The highest BCUT2D eigenvalue weighted by Crippen LogP contribution is 2.38. The zero-order valence-electron chi connectivity index (χ0n) is 28.4. The van der Waals surface area contributed by atoms with Crippen LogP contribution in [0.4, 0.5) is 11.4 Å². The summed E-state index contributed by atoms with van der Waals surface area (Å²) in [4.78, 5) is 35.9. The van der Waals surface area contributed by atoms with Gasteiger partial charge >= 0.3 is 0 Å². The van der Waals surface area contributed by atoms with Gasteiger partial charge in [0.1, 0.15) is 19.0 Å². The first-order valence-electron chi connectivity index (χ1n) is 17.3. The van der Waals surface area contributed by atoms with Gasteiger partial charge in [0, 0.05) is 51.1 Å². The molecule has 8 rings (SSSR count). The number of carbonyl (C=O) groups excluding carboxylic acids is 2. The number of rotatable bonds is 9. The minimum Gasteiger partial charge on any atom is -0.493 e. The predicted octanol–water partition coefficient (Wildman–Crippen LogP) is 5.33. The van der Waals surface area contributed by atoms with Crippen LogP contribution in [0.3, 0.4) is 0 Å². The largest absolute Gasteiger partial charge is 0.493 e. The Bertz CT molecular complexity index is 1990. The monoisotopic (exact) mass is 671 g/mol. The Morgan fingerprint density at radius 2 is 1.44 bits per heavy atom. The van der Waals surface area contributed by atoms with Gasteiger partial charge in [-0.3, -0.25) is 14.6 Å². The van der Waals surface area contributed by atoms with Crippen LogP contribution < -0.4 is 24.8 Å². The van der Waals surface area contributed by atoms with E-state index in [4.69, 9.17) is 19.2 Å². The third kappa shape index (κ3) is 6.04. The molecule has 0 radical (unpaired) electrons. The van der Waals surface area contributed by atoms with Gasteiger partial charge < -0.3 is 34.6 Å². The smallest absolute Gasteiger partial charge is 0.256 e. The molecule has 4 aromatic carbocycles. The highest BCUT2D eigenvalue weighted by atomic mass is 16.5. The second-order valence-corrected chi connectivity index (χ2v) is 13.3. The maximum absolute atomic E-state index is 13.7. The van der Waals surface area contributed by atoms with E-state index in [-0.39, 0.29) is 23.9 Å². The summed E-state index contributed by atoms with van der Waals surface area (Å²) < 4.78 is 17.9. The summed E-state index contributed by atoms with van der Waals surface area (Å²) in [6, 6.07) is 24.1. The molecule has 2 N–H and O–H groups in total. The highest BCUT2D eigenvalue weighted by Gasteiger charge is 2.35. The van der Waals surface area contributed by atoms with E-state index in [2.05, 4.69) is 41.0 Å². The molecule has 0 saturated heterocycles. The summed E-state index contributed by atoms with van der Waals surface area (Å²) in [7, 11) is 1.59. The van der Waals surface area contributed by atoms with Crippen LogP contribution in [0.5, 0.6) is 17.2 Å². The molecule has 2 atom stereocenters. The number of nitrogens with one attached hydrogen (secondary N) is 2. The number of hydrogen-bond donors (Lipinski definition) is 2. The normalized spacial score (nSPS) is 18.7. The molecule has 50 heavy (non-hydrogen) atoms. The molecule has 2 amide bonds. The first kappa shape index (κ1) is 31.9. The maximum Gasteiger partial charge on any atom is 0.256 e. The first-order valence-corrected chi connectivity index (χ1v) is 17.3. The molecule has 0 aromatic heterocycles. The molecule has 0 fully saturated rings. The van der Waals surface area contributed by atoms with Crippen molar-refractivity contribution in [3.8, 4) is 17.2 Å². The lowest BCUT2D eigenvalue weighted by atomic mass is 9.94. The number of anilines is 1. The van der Waals surface area contributed by atoms with Crippen LogP contribution in [0, 0.1) is 6.92 Å². The Balaban J connectivity index is 0.845. The van der Waals surface area contributed by atoms with Crippen LogP contribution in [0.15, 0.2) is 77.8 Å². The number of carbonyl (C=O) groups is 2. The van der Waals surface area contributed by atoms with Crippen molar-refractivity contribution in [1.29, 1.82) is 0 Å². The predicted molar refractivity (Wildman–Crippen MR) is 192 cm³/mol. The fourth-order valence-electron chi connectivity index (χ4n) is 7.47. The lowest BCUT2D eigenvalue weighted by molar-refractivity contribution is 0.0659. The van der Waals surface area contributed by atoms with Crippen molar-refractivity contribution in [3.63, 3.8) is 0 Å². The van der Waals surface area contributed by atoms with E-state index in [9.17, 15) is 9.59 Å². The van der Waals surface area contributed by atoms with E-state index >= 15 is 0 Å². The number of amides is 2. The molecule has 0 bridgehead atoms. The fourth-order valence-corrected chi connectivity index (χ4v) is 7.47. The molecule has 4 aliphatic rings. The van der Waals surface area contributed by atoms with E-state index < -0.39 is 0 Å². The van der Waals surface area contributed by atoms with E-state index in [0.717, 1.165) is 24.1 Å². The molecular formula is C40H41N5O5. The number of ether oxygens (including phenoxy) is 3. The van der Waals surface area contributed by atoms with Crippen molar-refractivity contribution in [2.45, 2.75) is 44.9 Å². The molecule has 0 spiro atoms. The van der Waals surface area contributed by atoms with E-state index in [0.29, 0.717) is 80.0 Å². The summed E-state index contributed by atoms with van der Waals surface area (Å²) >= 11 is 0. The average Bonchev–Trinajstić information content (AvgIpc) is 3.35. The third-order valence-electron chi connectivity index (χ3n) is 10.2. The van der Waals surface area contributed by atoms with Gasteiger partial charge in [0.2, 0.25) is 0 Å². The summed E-state index contributed by atoms with van der Waals surface area (Å²) in [6.07, 6.45) is 3.49. The quantitative estimate of drug-likeness (QED) is 0.232. The number of methoxy groups -OCH3 is 1. The van der Waals surface area contributed by atoms with Gasteiger partial charge in [-0.2, -0.15) is 0 Å². The van der Waals surface area contributed by atoms with Crippen molar-refractivity contribution in [2.75, 3.05) is 45.3 Å². The second kappa shape index (κ2) is 13.5. The molecule has 4 heterocycles. The number of benzene rings is 4. The van der Waals surface area contributed by atoms with Gasteiger partial charge in [0.15, 0.2) is 11.5 Å². The zero-order valence-corrected chi connectivity index (χ0v) is 28.4. The summed E-state index contributed by atoms with van der Waals surface area (Å²) in [5.41, 5.74) is 8.46. The minimum atomic E-state index is -0.0637. The summed E-state index contributed by atoms with van der Waals surface area (Å²) in [5.74, 6) is 1.83. The fraction of sp³-hybridized carbons (Fsp3) is 0.325. The number of fused-ring (bicyclic) bond motifs is 6. The van der Waals surface area contributed by atoms with Crippen LogP contribution in [-0.4, -0.2) is 79.9 Å². The standard InChI is InChI=1S/C40H41N5O5/c1-25-15-32-34(42-21-30-16-26-7-3-5-9-28(26)23-44(30)39(32)46)19-36(25)49-13-11-41-12-14-50-38-20-35-33(18-37(38)48-2)40(47)45-24-29-10-6-4-8-27(29)17-31(45)22-43-35/h3-10,15,18-21,30-31,41,43H,11-14,16-17,22-24H2,1-2H3. The lowest BCUT2D eigenvalue weighted by Crippen LogP contribution is -2.45. The minimum absolute atomic E-state index is 0.000840. The van der Waals surface area contributed by atoms with E-state index in [1.54, 1.807) is 13.2 Å². The molecule has 0 aliphatic carbocycles. The Morgan fingerprint density at radius 3 is 2.18 bits per heavy atom. The van der Waals surface area contributed by atoms with Gasteiger partial charge in [-0.25, -0.2) is 0 Å². The van der Waals surface area contributed by atoms with Gasteiger partial charge in [-0.05, 0) is 59.7 Å². The van der Waals surface area contributed by atoms with Crippen molar-refractivity contribution in [2.24, 2.45) is 4.99 Å². The average molecular weight is 672 g/mol. The van der Waals surface area contributed by atoms with Gasteiger partial charge in [-0.1, -0.05) is 48.5 Å². The Kier molecular flexibility index (Phi) is 8.62. The molecule has 4 aromatic rings. The van der Waals surface area contributed by atoms with Gasteiger partial charge in [-0.15, -0.1) is 0 Å². The molecule has 10 heteroatoms. The highest BCUT2D eigenvalue weighted by molar-refractivity contribution is 6.03. The van der Waals surface area contributed by atoms with Gasteiger partial charge in [0.25, 0.3) is 11.8 Å². The molecule has 256 valence electrons. The number of aryl methyl sites for hydroxylation is 1. The molecule has 10 nitrogen and oxygen atoms in total. The second-order valence-electron chi connectivity index (χ2n) is 13.3. The Hall–Kier alpha value is -5.35. The van der Waals surface area contributed by atoms with E-state index in [1.165, 1.54) is 22.3 Å². The third-order valence-corrected chi connectivity index (χ3v) is 10.2. The molecule has 0 saturated carbocycles. The lowest BCUT2D eigenvalue weighted by Gasteiger charge is -2.35. The Morgan fingerprint density at radius 1 is 0.780 bits per heavy atom. The van der Waals surface area contributed by atoms with Crippen LogP contribution >= 0.6 is 0 Å². The van der Waals surface area contributed by atoms with Crippen LogP contribution in [-0.2, 0) is 25.9 Å². The van der Waals surface area contributed by atoms with Crippen molar-refractivity contribution >= 4 is 29.4 Å². The number of aliphatic imine (C=N–C) groups is 1. The van der Waals surface area contributed by atoms with Crippen LogP contribution in [0.2, 0.25) is 0 Å². The first-order chi connectivity index (χ1) is 24.5.